The van der Waals surface area contributed by atoms with Crippen molar-refractivity contribution in [2.75, 3.05) is 19.0 Å². The maximum absolute atomic E-state index is 12.0. The third-order valence-electron chi connectivity index (χ3n) is 3.28. The van der Waals surface area contributed by atoms with Gasteiger partial charge in [0.2, 0.25) is 5.91 Å². The van der Waals surface area contributed by atoms with E-state index in [9.17, 15) is 14.4 Å². The number of rotatable bonds is 6. The van der Waals surface area contributed by atoms with Gasteiger partial charge >= 0.3 is 5.97 Å². The third-order valence-corrected chi connectivity index (χ3v) is 3.28. The number of esters is 1. The molecule has 0 aliphatic heterocycles. The fraction of sp³-hybridized carbons (Fsp3) is 0.167. The summed E-state index contributed by atoms with van der Waals surface area (Å²) in [5, 5.41) is 5.32. The molecule has 0 unspecified atom stereocenters. The summed E-state index contributed by atoms with van der Waals surface area (Å²) in [6, 6.07) is 15.3. The monoisotopic (exact) mass is 326 g/mol. The average molecular weight is 326 g/mol. The molecule has 0 aliphatic rings. The molecule has 2 rings (SSSR count). The van der Waals surface area contributed by atoms with Gasteiger partial charge in [-0.1, -0.05) is 30.3 Å². The maximum Gasteiger partial charge on any atom is 0.339 e. The van der Waals surface area contributed by atoms with Crippen LogP contribution in [0.2, 0.25) is 0 Å². The normalized spacial score (nSPS) is 9.88. The van der Waals surface area contributed by atoms with Gasteiger partial charge in [0, 0.05) is 18.5 Å². The predicted octanol–water partition coefficient (Wildman–Crippen LogP) is 2.23. The van der Waals surface area contributed by atoms with Crippen LogP contribution in [0.25, 0.3) is 0 Å². The summed E-state index contributed by atoms with van der Waals surface area (Å²) < 4.78 is 4.67. The Morgan fingerprint density at radius 1 is 0.958 bits per heavy atom. The lowest BCUT2D eigenvalue weighted by atomic mass is 10.1. The van der Waals surface area contributed by atoms with E-state index in [1.165, 1.54) is 7.11 Å². The summed E-state index contributed by atoms with van der Waals surface area (Å²) in [6.45, 7) is 0.194. The topological polar surface area (TPSA) is 84.5 Å². The van der Waals surface area contributed by atoms with Crippen molar-refractivity contribution in [3.05, 3.63) is 65.7 Å². The molecular formula is C18H18N2O4. The fourth-order valence-electron chi connectivity index (χ4n) is 2.07. The van der Waals surface area contributed by atoms with E-state index >= 15 is 0 Å². The van der Waals surface area contributed by atoms with Gasteiger partial charge < -0.3 is 15.4 Å². The molecule has 0 atom stereocenters. The molecule has 2 amide bonds. The van der Waals surface area contributed by atoms with Crippen LogP contribution in [0.15, 0.2) is 54.6 Å². The molecule has 0 spiro atoms. The quantitative estimate of drug-likeness (QED) is 0.797. The number of hydrogen-bond acceptors (Lipinski definition) is 4. The van der Waals surface area contributed by atoms with Crippen LogP contribution in [0.3, 0.4) is 0 Å². The Hall–Kier alpha value is -3.15. The SMILES string of the molecule is COC(=O)c1ccccc1NC(=O)CCNC(=O)c1ccccc1. The van der Waals surface area contributed by atoms with E-state index < -0.39 is 5.97 Å². The molecule has 0 saturated carbocycles. The van der Waals surface area contributed by atoms with Crippen molar-refractivity contribution in [3.63, 3.8) is 0 Å². The zero-order valence-electron chi connectivity index (χ0n) is 13.2. The number of ether oxygens (including phenoxy) is 1. The number of carbonyl (C=O) groups excluding carboxylic acids is 3. The summed E-state index contributed by atoms with van der Waals surface area (Å²) in [5.74, 6) is -1.07. The minimum atomic E-state index is -0.525. The number of nitrogens with one attached hydrogen (secondary N) is 2. The van der Waals surface area contributed by atoms with E-state index in [1.54, 1.807) is 48.5 Å². The van der Waals surface area contributed by atoms with Gasteiger partial charge in [0.25, 0.3) is 5.91 Å². The second-order valence-electron chi connectivity index (χ2n) is 4.96. The van der Waals surface area contributed by atoms with Crippen LogP contribution in [-0.2, 0) is 9.53 Å². The van der Waals surface area contributed by atoms with Crippen molar-refractivity contribution >= 4 is 23.5 Å². The van der Waals surface area contributed by atoms with Crippen LogP contribution in [0, 0.1) is 0 Å². The molecule has 0 heterocycles. The zero-order chi connectivity index (χ0) is 17.4. The number of hydrogen-bond donors (Lipinski definition) is 2. The van der Waals surface area contributed by atoms with Crippen LogP contribution in [0.4, 0.5) is 5.69 Å². The molecule has 0 aliphatic carbocycles. The molecule has 2 N–H and O–H groups in total. The second-order valence-corrected chi connectivity index (χ2v) is 4.96. The fourth-order valence-corrected chi connectivity index (χ4v) is 2.07. The highest BCUT2D eigenvalue weighted by molar-refractivity contribution is 6.01. The maximum atomic E-state index is 12.0. The minimum absolute atomic E-state index is 0.0913. The van der Waals surface area contributed by atoms with E-state index in [2.05, 4.69) is 15.4 Å². The lowest BCUT2D eigenvalue weighted by molar-refractivity contribution is -0.116. The molecule has 24 heavy (non-hydrogen) atoms. The molecule has 6 nitrogen and oxygen atoms in total. The van der Waals surface area contributed by atoms with E-state index in [4.69, 9.17) is 0 Å². The van der Waals surface area contributed by atoms with E-state index in [0.717, 1.165) is 0 Å². The van der Waals surface area contributed by atoms with E-state index in [1.807, 2.05) is 6.07 Å². The highest BCUT2D eigenvalue weighted by atomic mass is 16.5. The van der Waals surface area contributed by atoms with Gasteiger partial charge in [-0.05, 0) is 24.3 Å². The minimum Gasteiger partial charge on any atom is -0.465 e. The molecule has 0 bridgehead atoms. The van der Waals surface area contributed by atoms with Gasteiger partial charge in [-0.3, -0.25) is 9.59 Å². The first kappa shape index (κ1) is 17.2. The average Bonchev–Trinajstić information content (AvgIpc) is 2.62. The Morgan fingerprint density at radius 3 is 2.33 bits per heavy atom. The van der Waals surface area contributed by atoms with Crippen molar-refractivity contribution in [1.82, 2.24) is 5.32 Å². The number of benzene rings is 2. The van der Waals surface area contributed by atoms with E-state index in [-0.39, 0.29) is 30.3 Å². The van der Waals surface area contributed by atoms with E-state index in [0.29, 0.717) is 11.3 Å². The van der Waals surface area contributed by atoms with Crippen molar-refractivity contribution in [2.45, 2.75) is 6.42 Å². The van der Waals surface area contributed by atoms with Crippen molar-refractivity contribution < 1.29 is 19.1 Å². The zero-order valence-corrected chi connectivity index (χ0v) is 13.2. The van der Waals surface area contributed by atoms with Crippen molar-refractivity contribution in [3.8, 4) is 0 Å². The van der Waals surface area contributed by atoms with Gasteiger partial charge in [0.15, 0.2) is 0 Å². The number of anilines is 1. The molecule has 6 heteroatoms. The second kappa shape index (κ2) is 8.47. The lowest BCUT2D eigenvalue weighted by Crippen LogP contribution is -2.27. The molecule has 0 fully saturated rings. The Morgan fingerprint density at radius 2 is 1.62 bits per heavy atom. The summed E-state index contributed by atoms with van der Waals surface area (Å²) in [7, 11) is 1.28. The Labute approximate surface area is 139 Å². The number of para-hydroxylation sites is 1. The Balaban J connectivity index is 1.86. The first-order chi connectivity index (χ1) is 11.6. The molecule has 0 aromatic heterocycles. The van der Waals surface area contributed by atoms with Crippen molar-refractivity contribution in [2.24, 2.45) is 0 Å². The van der Waals surface area contributed by atoms with Gasteiger partial charge in [0.1, 0.15) is 0 Å². The first-order valence-electron chi connectivity index (χ1n) is 7.42. The van der Waals surface area contributed by atoms with Gasteiger partial charge in [-0.2, -0.15) is 0 Å². The summed E-state index contributed by atoms with van der Waals surface area (Å²) >= 11 is 0. The predicted molar refractivity (Wildman–Crippen MR) is 89.8 cm³/mol. The summed E-state index contributed by atoms with van der Waals surface area (Å²) in [5.41, 5.74) is 1.19. The highest BCUT2D eigenvalue weighted by Crippen LogP contribution is 2.16. The lowest BCUT2D eigenvalue weighted by Gasteiger charge is -2.10. The molecular weight excluding hydrogens is 308 g/mol. The molecule has 2 aromatic rings. The number of methoxy groups -OCH3 is 1. The smallest absolute Gasteiger partial charge is 0.339 e. The van der Waals surface area contributed by atoms with Gasteiger partial charge in [-0.25, -0.2) is 4.79 Å². The number of amides is 2. The molecule has 0 saturated heterocycles. The molecule has 124 valence electrons. The summed E-state index contributed by atoms with van der Waals surface area (Å²) in [6.07, 6.45) is 0.0913. The van der Waals surface area contributed by atoms with Gasteiger partial charge in [-0.15, -0.1) is 0 Å². The van der Waals surface area contributed by atoms with Gasteiger partial charge in [0.05, 0.1) is 18.4 Å². The van der Waals surface area contributed by atoms with Crippen LogP contribution < -0.4 is 10.6 Å². The third kappa shape index (κ3) is 4.67. The Kier molecular flexibility index (Phi) is 6.08. The van der Waals surface area contributed by atoms with Crippen LogP contribution in [0.5, 0.6) is 0 Å². The molecule has 0 radical (unpaired) electrons. The summed E-state index contributed by atoms with van der Waals surface area (Å²) in [4.78, 5) is 35.5. The standard InChI is InChI=1S/C18H18N2O4/c1-24-18(23)14-9-5-6-10-15(14)20-16(21)11-12-19-17(22)13-7-3-2-4-8-13/h2-10H,11-12H2,1H3,(H,19,22)(H,20,21). The Bertz CT molecular complexity index is 729. The van der Waals surface area contributed by atoms with Crippen LogP contribution >= 0.6 is 0 Å². The van der Waals surface area contributed by atoms with Crippen LogP contribution in [-0.4, -0.2) is 31.4 Å². The largest absolute Gasteiger partial charge is 0.465 e. The highest BCUT2D eigenvalue weighted by Gasteiger charge is 2.13. The van der Waals surface area contributed by atoms with Crippen molar-refractivity contribution in [1.29, 1.82) is 0 Å². The van der Waals surface area contributed by atoms with Crippen LogP contribution in [0.1, 0.15) is 27.1 Å². The first-order valence-corrected chi connectivity index (χ1v) is 7.42. The molecule has 2 aromatic carbocycles. The number of carbonyl (C=O) groups is 3.